The number of nitrogens with zero attached hydrogens (tertiary/aromatic N) is 4. The fourth-order valence-electron chi connectivity index (χ4n) is 7.85. The van der Waals surface area contributed by atoms with Gasteiger partial charge >= 0.3 is 0 Å². The largest absolute Gasteiger partial charge is 0.510 e. The van der Waals surface area contributed by atoms with Crippen molar-refractivity contribution < 1.29 is 46.8 Å². The van der Waals surface area contributed by atoms with Crippen molar-refractivity contribution in [2.45, 2.75) is 53.3 Å². The second-order valence-corrected chi connectivity index (χ2v) is 17.1. The van der Waals surface area contributed by atoms with Gasteiger partial charge in [-0.15, -0.1) is 29.7 Å². The number of para-hydroxylation sites is 3. The molecule has 0 radical (unpaired) electrons. The van der Waals surface area contributed by atoms with Crippen molar-refractivity contribution in [2.75, 3.05) is 0 Å². The van der Waals surface area contributed by atoms with Crippen LogP contribution in [-0.2, 0) is 32.9 Å². The summed E-state index contributed by atoms with van der Waals surface area (Å²) >= 11 is 0. The van der Waals surface area contributed by atoms with Gasteiger partial charge in [0.25, 0.3) is 6.33 Å². The number of imidazole rings is 1. The van der Waals surface area contributed by atoms with E-state index in [9.17, 15) is 0 Å². The molecule has 0 saturated carbocycles. The molecule has 0 amide bonds. The number of ether oxygens (including phenoxy) is 1. The summed E-state index contributed by atoms with van der Waals surface area (Å²) in [6, 6.07) is 32.4. The van der Waals surface area contributed by atoms with Gasteiger partial charge in [0.05, 0.1) is 30.4 Å². The van der Waals surface area contributed by atoms with Gasteiger partial charge in [0.15, 0.2) is 0 Å². The van der Waals surface area contributed by atoms with E-state index in [0.29, 0.717) is 45.1 Å². The van der Waals surface area contributed by atoms with Crippen LogP contribution in [0.5, 0.6) is 11.5 Å². The fraction of sp³-hybridized carbons (Fsp3) is 0.158. The van der Waals surface area contributed by atoms with Gasteiger partial charge in [-0.3, -0.25) is 4.57 Å². The summed E-state index contributed by atoms with van der Waals surface area (Å²) in [4.78, 5) is 4.78. The standard InChI is InChI=1S/C57H48N4O.Pt/c1-56(2,3)37-39-31-32-58-54(33-39)61-50-30-27-42(57(4,5)6)34-49(50)48-29-28-45(36-53(48)61)62-44-22-15-21-43(35-44)59-38-60(52-26-14-13-25-51(52)59)55-46(40-17-9-7-10-18-40)23-16-24-47(55)41-19-11-8-12-20-41;/h7-34H,37H2,1-6H3;/q-2;/i7D,8D,9D,10D,11D,12D,17D,18D,19D,20D,37D2;. The van der Waals surface area contributed by atoms with Crippen LogP contribution in [0.4, 0.5) is 0 Å². The van der Waals surface area contributed by atoms with Crippen LogP contribution < -0.4 is 9.30 Å². The van der Waals surface area contributed by atoms with E-state index in [4.69, 9.17) is 26.2 Å². The van der Waals surface area contributed by atoms with Gasteiger partial charge in [0.1, 0.15) is 5.82 Å². The summed E-state index contributed by atoms with van der Waals surface area (Å²) in [5.74, 6) is 1.19. The van der Waals surface area contributed by atoms with E-state index in [0.717, 1.165) is 21.9 Å². The topological polar surface area (TPSA) is 35.9 Å². The zero-order valence-corrected chi connectivity index (χ0v) is 37.7. The average Bonchev–Trinajstić information content (AvgIpc) is 3.93. The van der Waals surface area contributed by atoms with E-state index in [1.165, 1.54) is 0 Å². The molecule has 5 nitrogen and oxygen atoms in total. The van der Waals surface area contributed by atoms with Crippen LogP contribution in [0.3, 0.4) is 0 Å². The number of aromatic nitrogens is 4. The van der Waals surface area contributed by atoms with Crippen molar-refractivity contribution in [3.05, 3.63) is 199 Å². The first-order valence-corrected chi connectivity index (χ1v) is 20.3. The Hall–Kier alpha value is -6.55. The SMILES string of the molecule is [2H]c1c([2H])c([2H])c(-c2cccc(-c3c([2H])c([2H])c([2H])c([2H])c3[2H])c2-[n+]2[c-]n(-c3[c-]c(Oc4[c-]c5c(cc4)c4cc(C(C)(C)C)ccc4n5-c4cc(C([2H])([2H])C(C)(C)C)ccn4)ccc3)c3ccccc32)c([2H])c1[2H].[Pt]. The van der Waals surface area contributed by atoms with Crippen molar-refractivity contribution >= 4 is 32.8 Å². The summed E-state index contributed by atoms with van der Waals surface area (Å²) < 4.78 is 117. The number of hydrogen-bond donors (Lipinski definition) is 0. The normalized spacial score (nSPS) is 14.8. The maximum Gasteiger partial charge on any atom is 0.268 e. The predicted molar refractivity (Wildman–Crippen MR) is 253 cm³/mol. The van der Waals surface area contributed by atoms with Gasteiger partial charge in [-0.25, -0.2) is 4.98 Å². The van der Waals surface area contributed by atoms with E-state index in [1.54, 1.807) is 76.0 Å². The quantitative estimate of drug-likeness (QED) is 0.112. The smallest absolute Gasteiger partial charge is 0.268 e. The molecule has 6 heteroatoms. The number of fused-ring (bicyclic) bond motifs is 4. The zero-order chi connectivity index (χ0) is 53.1. The van der Waals surface area contributed by atoms with Crippen molar-refractivity contribution in [3.8, 4) is 50.9 Å². The van der Waals surface area contributed by atoms with Crippen molar-refractivity contribution in [3.63, 3.8) is 0 Å². The molecule has 0 bridgehead atoms. The minimum atomic E-state index is -1.68. The molecule has 10 aromatic rings. The number of benzene rings is 7. The molecule has 0 N–H and O–H groups in total. The molecule has 0 fully saturated rings. The molecule has 3 heterocycles. The molecular formula is C57H48N4OPt-2. The van der Waals surface area contributed by atoms with Crippen LogP contribution in [0.1, 0.15) is 69.1 Å². The van der Waals surface area contributed by atoms with Crippen molar-refractivity contribution in [1.29, 1.82) is 0 Å². The average molecular weight is 1010 g/mol. The fourth-order valence-corrected chi connectivity index (χ4v) is 7.85. The Bertz CT molecular complexity index is 3820. The maximum atomic E-state index is 9.08. The second-order valence-electron chi connectivity index (χ2n) is 17.1. The third-order valence-electron chi connectivity index (χ3n) is 10.6. The molecule has 7 aromatic carbocycles. The van der Waals surface area contributed by atoms with Gasteiger partial charge in [-0.2, -0.15) is 18.2 Å². The summed E-state index contributed by atoms with van der Waals surface area (Å²) in [5, 5.41) is 1.87. The molecule has 0 atom stereocenters. The van der Waals surface area contributed by atoms with E-state index in [-0.39, 0.29) is 54.4 Å². The second kappa shape index (κ2) is 16.6. The van der Waals surface area contributed by atoms with E-state index >= 15 is 0 Å². The van der Waals surface area contributed by atoms with Gasteiger partial charge in [-0.1, -0.05) is 162 Å². The zero-order valence-electron chi connectivity index (χ0n) is 47.4. The van der Waals surface area contributed by atoms with Gasteiger partial charge in [0, 0.05) is 47.0 Å². The predicted octanol–water partition coefficient (Wildman–Crippen LogP) is 13.8. The Morgan fingerprint density at radius 1 is 0.683 bits per heavy atom. The number of rotatable bonds is 8. The van der Waals surface area contributed by atoms with Crippen molar-refractivity contribution in [1.82, 2.24) is 14.1 Å². The van der Waals surface area contributed by atoms with Crippen LogP contribution in [-0.4, -0.2) is 14.1 Å². The molecular weight excluding hydrogens is 952 g/mol. The first-order valence-electron chi connectivity index (χ1n) is 26.3. The Morgan fingerprint density at radius 3 is 2.06 bits per heavy atom. The van der Waals surface area contributed by atoms with Crippen LogP contribution in [0.15, 0.2) is 170 Å². The van der Waals surface area contributed by atoms with Gasteiger partial charge in [-0.05, 0) is 79.9 Å². The van der Waals surface area contributed by atoms with Gasteiger partial charge in [0.2, 0.25) is 0 Å². The maximum absolute atomic E-state index is 9.08. The molecule has 0 saturated heterocycles. The van der Waals surface area contributed by atoms with E-state index < -0.39 is 72.2 Å². The van der Waals surface area contributed by atoms with Crippen LogP contribution in [0, 0.1) is 23.9 Å². The first kappa shape index (κ1) is 29.7. The molecule has 0 aliphatic heterocycles. The number of pyridine rings is 1. The molecule has 3 aromatic heterocycles. The van der Waals surface area contributed by atoms with Gasteiger partial charge < -0.3 is 13.9 Å². The summed E-state index contributed by atoms with van der Waals surface area (Å²) in [7, 11) is 0. The Balaban J connectivity index is 0.00000689. The van der Waals surface area contributed by atoms with Crippen LogP contribution in [0.25, 0.3) is 72.3 Å². The van der Waals surface area contributed by atoms with E-state index in [2.05, 4.69) is 57.4 Å². The molecule has 10 rings (SSSR count). The summed E-state index contributed by atoms with van der Waals surface area (Å²) in [5.41, 5.74) is 3.97. The molecule has 314 valence electrons. The third-order valence-corrected chi connectivity index (χ3v) is 10.6. The van der Waals surface area contributed by atoms with Crippen molar-refractivity contribution in [2.24, 2.45) is 5.41 Å². The molecule has 63 heavy (non-hydrogen) atoms. The molecule has 0 aliphatic rings. The van der Waals surface area contributed by atoms with Crippen LogP contribution >= 0.6 is 0 Å². The Labute approximate surface area is 401 Å². The Kier molecular flexibility index (Phi) is 7.83. The number of hydrogen-bond acceptors (Lipinski definition) is 2. The minimum absolute atomic E-state index is 0. The molecule has 0 spiro atoms. The Morgan fingerprint density at radius 2 is 1.37 bits per heavy atom. The van der Waals surface area contributed by atoms with Crippen LogP contribution in [0.2, 0.25) is 0 Å². The molecule has 0 aliphatic carbocycles. The molecule has 0 unspecified atom stereocenters. The third kappa shape index (κ3) is 8.15. The van der Waals surface area contributed by atoms with E-state index in [1.807, 2.05) is 49.6 Å². The monoisotopic (exact) mass is 1010 g/mol. The first-order chi connectivity index (χ1) is 34.9. The summed E-state index contributed by atoms with van der Waals surface area (Å²) in [6.07, 6.45) is 3.35. The summed E-state index contributed by atoms with van der Waals surface area (Å²) in [6.45, 7) is 12.1. The minimum Gasteiger partial charge on any atom is -0.510 e.